The van der Waals surface area contributed by atoms with Crippen molar-refractivity contribution in [3.05, 3.63) is 41.5 Å². The number of rotatable bonds is 6. The molecule has 0 spiro atoms. The number of amides is 1. The fourth-order valence-electron chi connectivity index (χ4n) is 2.85. The maximum absolute atomic E-state index is 12.5. The van der Waals surface area contributed by atoms with E-state index in [0.717, 1.165) is 38.1 Å². The maximum Gasteiger partial charge on any atom is 0.246 e. The Kier molecular flexibility index (Phi) is 4.94. The van der Waals surface area contributed by atoms with E-state index < -0.39 is 0 Å². The lowest BCUT2D eigenvalue weighted by Crippen LogP contribution is -2.37. The summed E-state index contributed by atoms with van der Waals surface area (Å²) < 4.78 is 5.69. The smallest absolute Gasteiger partial charge is 0.246 e. The third-order valence-corrected chi connectivity index (χ3v) is 4.43. The molecule has 0 radical (unpaired) electrons. The number of benzene rings is 1. The number of hydrogen-bond donors (Lipinski definition) is 0. The van der Waals surface area contributed by atoms with Crippen LogP contribution in [0.2, 0.25) is 0 Å². The highest BCUT2D eigenvalue weighted by Crippen LogP contribution is 2.30. The number of hydrogen-bond acceptors (Lipinski definition) is 2. The van der Waals surface area contributed by atoms with Crippen molar-refractivity contribution in [2.24, 2.45) is 5.92 Å². The van der Waals surface area contributed by atoms with Crippen molar-refractivity contribution in [1.29, 1.82) is 0 Å². The minimum atomic E-state index is 0.114. The molecule has 0 bridgehead atoms. The van der Waals surface area contributed by atoms with Gasteiger partial charge in [-0.05, 0) is 50.2 Å². The minimum absolute atomic E-state index is 0.114. The summed E-state index contributed by atoms with van der Waals surface area (Å²) in [5.41, 5.74) is 2.31. The average Bonchev–Trinajstić information content (AvgIpc) is 3.19. The standard InChI is InChI=1S/C19H25NO2/c1-15-4-6-16(7-5-15)10-11-19(21)20(13-17-8-9-17)14-18-3-2-12-22-18/h4-7,10-11,17-18H,2-3,8-9,12-14H2,1H3/b11-10+. The second-order valence-corrected chi connectivity index (χ2v) is 6.57. The van der Waals surface area contributed by atoms with Gasteiger partial charge in [-0.15, -0.1) is 0 Å². The Labute approximate surface area is 133 Å². The van der Waals surface area contributed by atoms with E-state index in [9.17, 15) is 4.79 Å². The van der Waals surface area contributed by atoms with E-state index in [1.165, 1.54) is 18.4 Å². The average molecular weight is 299 g/mol. The molecule has 1 aliphatic heterocycles. The first-order valence-corrected chi connectivity index (χ1v) is 8.36. The van der Waals surface area contributed by atoms with Crippen LogP contribution in [-0.4, -0.2) is 36.6 Å². The maximum atomic E-state index is 12.5. The fourth-order valence-corrected chi connectivity index (χ4v) is 2.85. The summed E-state index contributed by atoms with van der Waals surface area (Å²) in [5.74, 6) is 0.820. The SMILES string of the molecule is Cc1ccc(/C=C/C(=O)N(CC2CC2)CC2CCCO2)cc1. The summed E-state index contributed by atoms with van der Waals surface area (Å²) >= 11 is 0. The predicted molar refractivity (Wildman–Crippen MR) is 88.5 cm³/mol. The number of carbonyl (C=O) groups excluding carboxylic acids is 1. The van der Waals surface area contributed by atoms with Crippen LogP contribution in [0.5, 0.6) is 0 Å². The van der Waals surface area contributed by atoms with Gasteiger partial charge in [0.1, 0.15) is 0 Å². The Balaban J connectivity index is 1.60. The lowest BCUT2D eigenvalue weighted by molar-refractivity contribution is -0.127. The van der Waals surface area contributed by atoms with Gasteiger partial charge in [0.2, 0.25) is 5.91 Å². The summed E-state index contributed by atoms with van der Waals surface area (Å²) in [6, 6.07) is 8.23. The van der Waals surface area contributed by atoms with Gasteiger partial charge in [0.15, 0.2) is 0 Å². The second kappa shape index (κ2) is 7.10. The summed E-state index contributed by atoms with van der Waals surface area (Å²) in [6.07, 6.45) is 8.58. The molecule has 22 heavy (non-hydrogen) atoms. The lowest BCUT2D eigenvalue weighted by Gasteiger charge is -2.24. The van der Waals surface area contributed by atoms with Crippen molar-refractivity contribution in [2.45, 2.75) is 38.7 Å². The highest BCUT2D eigenvalue weighted by Gasteiger charge is 2.28. The zero-order valence-electron chi connectivity index (χ0n) is 13.3. The summed E-state index contributed by atoms with van der Waals surface area (Å²) in [5, 5.41) is 0. The van der Waals surface area contributed by atoms with Crippen LogP contribution in [0.25, 0.3) is 6.08 Å². The molecular weight excluding hydrogens is 274 g/mol. The summed E-state index contributed by atoms with van der Waals surface area (Å²) in [4.78, 5) is 14.5. The molecule has 3 nitrogen and oxygen atoms in total. The molecule has 118 valence electrons. The monoisotopic (exact) mass is 299 g/mol. The molecule has 2 fully saturated rings. The zero-order chi connectivity index (χ0) is 15.4. The second-order valence-electron chi connectivity index (χ2n) is 6.57. The molecule has 3 heteroatoms. The van der Waals surface area contributed by atoms with E-state index >= 15 is 0 Å². The van der Waals surface area contributed by atoms with E-state index in [-0.39, 0.29) is 12.0 Å². The van der Waals surface area contributed by atoms with Crippen LogP contribution >= 0.6 is 0 Å². The van der Waals surface area contributed by atoms with Crippen molar-refractivity contribution >= 4 is 12.0 Å². The van der Waals surface area contributed by atoms with Gasteiger partial charge in [-0.25, -0.2) is 0 Å². The van der Waals surface area contributed by atoms with Crippen LogP contribution in [-0.2, 0) is 9.53 Å². The van der Waals surface area contributed by atoms with Gasteiger partial charge < -0.3 is 9.64 Å². The van der Waals surface area contributed by atoms with Gasteiger partial charge in [-0.3, -0.25) is 4.79 Å². The van der Waals surface area contributed by atoms with E-state index in [1.54, 1.807) is 6.08 Å². The molecule has 1 heterocycles. The fraction of sp³-hybridized carbons (Fsp3) is 0.526. The van der Waals surface area contributed by atoms with Gasteiger partial charge in [0.25, 0.3) is 0 Å². The molecular formula is C19H25NO2. The first-order chi connectivity index (χ1) is 10.7. The Morgan fingerprint density at radius 2 is 2.00 bits per heavy atom. The van der Waals surface area contributed by atoms with E-state index in [4.69, 9.17) is 4.74 Å². The van der Waals surface area contributed by atoms with Crippen LogP contribution in [0.4, 0.5) is 0 Å². The third kappa shape index (κ3) is 4.44. The number of carbonyl (C=O) groups is 1. The molecule has 1 aliphatic carbocycles. The molecule has 0 N–H and O–H groups in total. The van der Waals surface area contributed by atoms with Crippen LogP contribution in [0.1, 0.15) is 36.8 Å². The first-order valence-electron chi connectivity index (χ1n) is 8.36. The summed E-state index contributed by atoms with van der Waals surface area (Å²) in [7, 11) is 0. The topological polar surface area (TPSA) is 29.5 Å². The van der Waals surface area contributed by atoms with Gasteiger partial charge in [0, 0.05) is 25.8 Å². The van der Waals surface area contributed by atoms with Crippen molar-refractivity contribution in [3.8, 4) is 0 Å². The van der Waals surface area contributed by atoms with E-state index in [0.29, 0.717) is 5.92 Å². The highest BCUT2D eigenvalue weighted by molar-refractivity contribution is 5.91. The molecule has 2 aliphatic rings. The molecule has 1 saturated carbocycles. The van der Waals surface area contributed by atoms with Gasteiger partial charge >= 0.3 is 0 Å². The number of nitrogens with zero attached hydrogens (tertiary/aromatic N) is 1. The largest absolute Gasteiger partial charge is 0.376 e. The van der Waals surface area contributed by atoms with Gasteiger partial charge in [0.05, 0.1) is 6.10 Å². The Bertz CT molecular complexity index is 525. The first kappa shape index (κ1) is 15.3. The van der Waals surface area contributed by atoms with Crippen LogP contribution in [0.3, 0.4) is 0 Å². The molecule has 3 rings (SSSR count). The molecule has 1 amide bonds. The van der Waals surface area contributed by atoms with Crippen LogP contribution < -0.4 is 0 Å². The zero-order valence-corrected chi connectivity index (χ0v) is 13.3. The van der Waals surface area contributed by atoms with Gasteiger partial charge in [-0.2, -0.15) is 0 Å². The molecule has 1 aromatic rings. The quantitative estimate of drug-likeness (QED) is 0.753. The molecule has 1 saturated heterocycles. The minimum Gasteiger partial charge on any atom is -0.376 e. The number of ether oxygens (including phenoxy) is 1. The van der Waals surface area contributed by atoms with E-state index in [2.05, 4.69) is 19.1 Å². The van der Waals surface area contributed by atoms with Crippen molar-refractivity contribution in [2.75, 3.05) is 19.7 Å². The van der Waals surface area contributed by atoms with Gasteiger partial charge in [-0.1, -0.05) is 29.8 Å². The normalized spacial score (nSPS) is 21.4. The third-order valence-electron chi connectivity index (χ3n) is 4.43. The molecule has 1 atom stereocenters. The highest BCUT2D eigenvalue weighted by atomic mass is 16.5. The van der Waals surface area contributed by atoms with Crippen LogP contribution in [0, 0.1) is 12.8 Å². The van der Waals surface area contributed by atoms with Crippen molar-refractivity contribution in [3.63, 3.8) is 0 Å². The van der Waals surface area contributed by atoms with Crippen molar-refractivity contribution in [1.82, 2.24) is 4.90 Å². The van der Waals surface area contributed by atoms with Crippen molar-refractivity contribution < 1.29 is 9.53 Å². The summed E-state index contributed by atoms with van der Waals surface area (Å²) in [6.45, 7) is 4.54. The predicted octanol–water partition coefficient (Wildman–Crippen LogP) is 3.43. The Morgan fingerprint density at radius 3 is 2.64 bits per heavy atom. The molecule has 1 aromatic carbocycles. The molecule has 0 aromatic heterocycles. The Hall–Kier alpha value is -1.61. The Morgan fingerprint density at radius 1 is 1.23 bits per heavy atom. The number of aryl methyl sites for hydroxylation is 1. The molecule has 1 unspecified atom stereocenters. The van der Waals surface area contributed by atoms with E-state index in [1.807, 2.05) is 23.1 Å². The van der Waals surface area contributed by atoms with Crippen LogP contribution in [0.15, 0.2) is 30.3 Å². The lowest BCUT2D eigenvalue weighted by atomic mass is 10.1.